The average molecular weight is 378 g/mol. The zero-order valence-electron chi connectivity index (χ0n) is 15.3. The van der Waals surface area contributed by atoms with Gasteiger partial charge < -0.3 is 9.64 Å². The topological polar surface area (TPSA) is 42.4 Å². The Labute approximate surface area is 162 Å². The predicted octanol–water partition coefficient (Wildman–Crippen LogP) is 4.60. The van der Waals surface area contributed by atoms with Crippen molar-refractivity contribution in [3.05, 3.63) is 64.7 Å². The zero-order chi connectivity index (χ0) is 18.4. The fourth-order valence-corrected chi connectivity index (χ4v) is 4.70. The molecule has 4 nitrogen and oxygen atoms in total. The van der Waals surface area contributed by atoms with E-state index in [1.165, 1.54) is 12.8 Å². The Balaban J connectivity index is 1.43. The third-order valence-electron chi connectivity index (χ3n) is 5.47. The van der Waals surface area contributed by atoms with E-state index in [2.05, 4.69) is 17.1 Å². The van der Waals surface area contributed by atoms with Crippen LogP contribution in [0.2, 0.25) is 0 Å². The Kier molecular flexibility index (Phi) is 4.21. The van der Waals surface area contributed by atoms with Crippen LogP contribution >= 0.6 is 11.3 Å². The molecule has 2 aliphatic rings. The van der Waals surface area contributed by atoms with Crippen molar-refractivity contribution < 1.29 is 9.53 Å². The lowest BCUT2D eigenvalue weighted by atomic mass is 10.0. The minimum Gasteiger partial charge on any atom is -0.366 e. The molecule has 2 heterocycles. The van der Waals surface area contributed by atoms with Crippen LogP contribution in [0, 0.1) is 12.8 Å². The Morgan fingerprint density at radius 3 is 2.74 bits per heavy atom. The largest absolute Gasteiger partial charge is 0.366 e. The molecule has 1 saturated heterocycles. The Morgan fingerprint density at radius 1 is 1.15 bits per heavy atom. The van der Waals surface area contributed by atoms with E-state index in [9.17, 15) is 4.79 Å². The molecule has 2 atom stereocenters. The standard InChI is InChI=1S/C22H22N2O2S/c1-14-23-18-11-17(9-10-21(18)27-14)22(25)24-12-19(15-5-3-2-4-6-15)26-20(13-24)16-7-8-16/h2-6,9-11,16,19-20H,7-8,12-13H2,1H3/t19-,20+/m0/s1. The first-order valence-electron chi connectivity index (χ1n) is 9.54. The summed E-state index contributed by atoms with van der Waals surface area (Å²) < 4.78 is 7.51. The number of aryl methyl sites for hydroxylation is 1. The number of rotatable bonds is 3. The summed E-state index contributed by atoms with van der Waals surface area (Å²) in [6.07, 6.45) is 2.49. The number of ether oxygens (including phenoxy) is 1. The number of fused-ring (bicyclic) bond motifs is 1. The van der Waals surface area contributed by atoms with Gasteiger partial charge >= 0.3 is 0 Å². The zero-order valence-corrected chi connectivity index (χ0v) is 16.1. The number of hydrogen-bond donors (Lipinski definition) is 0. The van der Waals surface area contributed by atoms with Crippen molar-refractivity contribution in [3.8, 4) is 0 Å². The van der Waals surface area contributed by atoms with Gasteiger partial charge in [0.25, 0.3) is 5.91 Å². The van der Waals surface area contributed by atoms with E-state index in [1.54, 1.807) is 11.3 Å². The maximum absolute atomic E-state index is 13.3. The van der Waals surface area contributed by atoms with Crippen LogP contribution in [0.15, 0.2) is 48.5 Å². The van der Waals surface area contributed by atoms with Crippen LogP contribution in [-0.4, -0.2) is 35.0 Å². The maximum atomic E-state index is 13.3. The average Bonchev–Trinajstić information content (AvgIpc) is 3.48. The summed E-state index contributed by atoms with van der Waals surface area (Å²) in [6, 6.07) is 16.1. The lowest BCUT2D eigenvalue weighted by Crippen LogP contribution is -2.47. The third-order valence-corrected chi connectivity index (χ3v) is 6.43. The van der Waals surface area contributed by atoms with Gasteiger partial charge in [0, 0.05) is 12.1 Å². The Bertz CT molecular complexity index is 980. The van der Waals surface area contributed by atoms with Gasteiger partial charge in [-0.25, -0.2) is 4.98 Å². The van der Waals surface area contributed by atoms with E-state index in [0.717, 1.165) is 26.4 Å². The smallest absolute Gasteiger partial charge is 0.254 e. The molecule has 1 saturated carbocycles. The number of carbonyl (C=O) groups is 1. The van der Waals surface area contributed by atoms with Gasteiger partial charge in [0.1, 0.15) is 6.10 Å². The van der Waals surface area contributed by atoms with Gasteiger partial charge in [0.15, 0.2) is 0 Å². The molecule has 0 N–H and O–H groups in total. The highest BCUT2D eigenvalue weighted by Crippen LogP contribution is 2.39. The first-order valence-corrected chi connectivity index (χ1v) is 10.4. The van der Waals surface area contributed by atoms with Crippen molar-refractivity contribution in [3.63, 3.8) is 0 Å². The van der Waals surface area contributed by atoms with Crippen molar-refractivity contribution >= 4 is 27.5 Å². The molecule has 3 aromatic rings. The van der Waals surface area contributed by atoms with Gasteiger partial charge in [-0.05, 0) is 49.4 Å². The molecule has 0 radical (unpaired) electrons. The monoisotopic (exact) mass is 378 g/mol. The molecule has 1 aromatic heterocycles. The first kappa shape index (κ1) is 16.9. The highest BCUT2D eigenvalue weighted by Gasteiger charge is 2.40. The summed E-state index contributed by atoms with van der Waals surface area (Å²) in [7, 11) is 0. The number of benzene rings is 2. The van der Waals surface area contributed by atoms with Gasteiger partial charge in [0.2, 0.25) is 0 Å². The Morgan fingerprint density at radius 2 is 1.96 bits per heavy atom. The first-order chi connectivity index (χ1) is 13.2. The van der Waals surface area contributed by atoms with Crippen LogP contribution in [-0.2, 0) is 4.74 Å². The van der Waals surface area contributed by atoms with E-state index in [-0.39, 0.29) is 18.1 Å². The molecule has 5 rings (SSSR count). The van der Waals surface area contributed by atoms with Crippen molar-refractivity contribution in [1.82, 2.24) is 9.88 Å². The molecule has 1 amide bonds. The van der Waals surface area contributed by atoms with Crippen LogP contribution in [0.25, 0.3) is 10.2 Å². The number of morpholine rings is 1. The van der Waals surface area contributed by atoms with Gasteiger partial charge in [-0.1, -0.05) is 30.3 Å². The van der Waals surface area contributed by atoms with Crippen LogP contribution in [0.3, 0.4) is 0 Å². The summed E-state index contributed by atoms with van der Waals surface area (Å²) in [6.45, 7) is 3.28. The quantitative estimate of drug-likeness (QED) is 0.669. The molecule has 0 unspecified atom stereocenters. The second-order valence-corrected chi connectivity index (χ2v) is 8.77. The fourth-order valence-electron chi connectivity index (χ4n) is 3.89. The Hall–Kier alpha value is -2.24. The number of amides is 1. The highest BCUT2D eigenvalue weighted by atomic mass is 32.1. The molecule has 2 aromatic carbocycles. The number of carbonyl (C=O) groups excluding carboxylic acids is 1. The van der Waals surface area contributed by atoms with E-state index < -0.39 is 0 Å². The SMILES string of the molecule is Cc1nc2cc(C(=O)N3C[C@@H](c4ccccc4)O[C@@H](C4CC4)C3)ccc2s1. The van der Waals surface area contributed by atoms with Crippen molar-refractivity contribution in [2.75, 3.05) is 13.1 Å². The lowest BCUT2D eigenvalue weighted by Gasteiger charge is -2.38. The minimum atomic E-state index is -0.0558. The van der Waals surface area contributed by atoms with Gasteiger partial charge in [-0.3, -0.25) is 4.79 Å². The molecule has 0 spiro atoms. The maximum Gasteiger partial charge on any atom is 0.254 e. The van der Waals surface area contributed by atoms with Crippen molar-refractivity contribution in [1.29, 1.82) is 0 Å². The highest BCUT2D eigenvalue weighted by molar-refractivity contribution is 7.18. The van der Waals surface area contributed by atoms with Crippen LogP contribution < -0.4 is 0 Å². The molecular weight excluding hydrogens is 356 g/mol. The summed E-state index contributed by atoms with van der Waals surface area (Å²) in [5, 5.41) is 1.03. The summed E-state index contributed by atoms with van der Waals surface area (Å²) in [4.78, 5) is 19.8. The predicted molar refractivity (Wildman–Crippen MR) is 107 cm³/mol. The number of nitrogens with zero attached hydrogens (tertiary/aromatic N) is 2. The second-order valence-electron chi connectivity index (χ2n) is 7.54. The minimum absolute atomic E-state index is 0.0558. The van der Waals surface area contributed by atoms with Crippen LogP contribution in [0.1, 0.15) is 39.9 Å². The number of aromatic nitrogens is 1. The van der Waals surface area contributed by atoms with E-state index in [4.69, 9.17) is 4.74 Å². The van der Waals surface area contributed by atoms with Gasteiger partial charge in [-0.15, -0.1) is 11.3 Å². The van der Waals surface area contributed by atoms with E-state index in [1.807, 2.05) is 48.2 Å². The van der Waals surface area contributed by atoms with E-state index >= 15 is 0 Å². The fraction of sp³-hybridized carbons (Fsp3) is 0.364. The summed E-state index contributed by atoms with van der Waals surface area (Å²) in [5.74, 6) is 0.674. The van der Waals surface area contributed by atoms with Crippen molar-refractivity contribution in [2.24, 2.45) is 5.92 Å². The second kappa shape index (κ2) is 6.73. The molecular formula is C22H22N2O2S. The molecule has 138 valence electrons. The third kappa shape index (κ3) is 3.37. The molecule has 1 aliphatic carbocycles. The molecule has 1 aliphatic heterocycles. The van der Waals surface area contributed by atoms with Gasteiger partial charge in [0.05, 0.1) is 27.9 Å². The summed E-state index contributed by atoms with van der Waals surface area (Å²) in [5.41, 5.74) is 2.78. The summed E-state index contributed by atoms with van der Waals surface area (Å²) >= 11 is 1.66. The van der Waals surface area contributed by atoms with Crippen molar-refractivity contribution in [2.45, 2.75) is 32.0 Å². The van der Waals surface area contributed by atoms with Crippen LogP contribution in [0.4, 0.5) is 0 Å². The van der Waals surface area contributed by atoms with Gasteiger partial charge in [-0.2, -0.15) is 0 Å². The molecule has 5 heteroatoms. The van der Waals surface area contributed by atoms with Crippen LogP contribution in [0.5, 0.6) is 0 Å². The number of hydrogen-bond acceptors (Lipinski definition) is 4. The molecule has 27 heavy (non-hydrogen) atoms. The van der Waals surface area contributed by atoms with E-state index in [0.29, 0.717) is 19.0 Å². The normalized spacial score (nSPS) is 22.9. The molecule has 2 fully saturated rings. The lowest BCUT2D eigenvalue weighted by molar-refractivity contribution is -0.0863. The molecule has 0 bridgehead atoms. The number of thiazole rings is 1.